The van der Waals surface area contributed by atoms with Crippen molar-refractivity contribution in [2.24, 2.45) is 0 Å². The number of amides is 1. The molecule has 0 aromatic heterocycles. The van der Waals surface area contributed by atoms with Gasteiger partial charge in [-0.25, -0.2) is 8.42 Å². The molecule has 33 heavy (non-hydrogen) atoms. The molecule has 0 radical (unpaired) electrons. The second-order valence-electron chi connectivity index (χ2n) is 8.15. The maximum absolute atomic E-state index is 13.1. The normalized spacial score (nSPS) is 15.9. The number of hydrogen-bond donors (Lipinski definition) is 1. The number of carbonyl (C=O) groups excluding carboxylic acids is 1. The van der Waals surface area contributed by atoms with Crippen LogP contribution in [0.25, 0.3) is 0 Å². The van der Waals surface area contributed by atoms with E-state index in [1.165, 1.54) is 10.4 Å². The number of benzene rings is 2. The number of hydrogen-bond acceptors (Lipinski definition) is 6. The third kappa shape index (κ3) is 6.32. The van der Waals surface area contributed by atoms with Gasteiger partial charge in [0.15, 0.2) is 0 Å². The van der Waals surface area contributed by atoms with Crippen LogP contribution in [0.15, 0.2) is 47.4 Å². The van der Waals surface area contributed by atoms with Crippen molar-refractivity contribution >= 4 is 21.6 Å². The van der Waals surface area contributed by atoms with Crippen molar-refractivity contribution in [3.63, 3.8) is 0 Å². The van der Waals surface area contributed by atoms with Crippen LogP contribution < -0.4 is 10.1 Å². The number of nitrogens with zero attached hydrogens (tertiary/aromatic N) is 2. The molecule has 3 rings (SSSR count). The molecule has 9 heteroatoms. The number of anilines is 1. The molecular formula is C24H33N3O5S. The fourth-order valence-corrected chi connectivity index (χ4v) is 5.27. The second kappa shape index (κ2) is 11.1. The number of ether oxygens (including phenoxy) is 2. The molecule has 0 aliphatic carbocycles. The Morgan fingerprint density at radius 3 is 2.48 bits per heavy atom. The Bertz CT molecular complexity index is 1050. The molecule has 0 spiro atoms. The molecule has 2 aromatic carbocycles. The van der Waals surface area contributed by atoms with Crippen LogP contribution >= 0.6 is 0 Å². The van der Waals surface area contributed by atoms with E-state index in [1.54, 1.807) is 19.1 Å². The third-order valence-corrected chi connectivity index (χ3v) is 7.79. The van der Waals surface area contributed by atoms with E-state index in [4.69, 9.17) is 9.47 Å². The van der Waals surface area contributed by atoms with E-state index in [1.807, 2.05) is 50.1 Å². The van der Waals surface area contributed by atoms with Gasteiger partial charge in [-0.05, 0) is 63.2 Å². The van der Waals surface area contributed by atoms with Crippen LogP contribution in [-0.2, 0) is 26.1 Å². The van der Waals surface area contributed by atoms with E-state index < -0.39 is 16.1 Å². The highest BCUT2D eigenvalue weighted by Crippen LogP contribution is 2.25. The van der Waals surface area contributed by atoms with Crippen molar-refractivity contribution in [2.75, 3.05) is 45.3 Å². The van der Waals surface area contributed by atoms with Crippen molar-refractivity contribution in [1.82, 2.24) is 9.21 Å². The minimum atomic E-state index is -3.65. The van der Waals surface area contributed by atoms with Crippen LogP contribution in [0, 0.1) is 6.92 Å². The zero-order valence-corrected chi connectivity index (χ0v) is 20.5. The molecule has 180 valence electrons. The van der Waals surface area contributed by atoms with Crippen molar-refractivity contribution in [1.29, 1.82) is 0 Å². The first kappa shape index (κ1) is 25.2. The van der Waals surface area contributed by atoms with Crippen molar-refractivity contribution < 1.29 is 22.7 Å². The number of sulfonamides is 1. The molecule has 1 atom stereocenters. The molecule has 0 saturated carbocycles. The summed E-state index contributed by atoms with van der Waals surface area (Å²) in [6, 6.07) is 12.4. The Balaban J connectivity index is 1.67. The van der Waals surface area contributed by atoms with Crippen LogP contribution in [-0.4, -0.2) is 69.5 Å². The van der Waals surface area contributed by atoms with Gasteiger partial charge in [0.2, 0.25) is 15.9 Å². The second-order valence-corrected chi connectivity index (χ2v) is 10.1. The molecule has 0 bridgehead atoms. The summed E-state index contributed by atoms with van der Waals surface area (Å²) in [4.78, 5) is 15.0. The summed E-state index contributed by atoms with van der Waals surface area (Å²) in [6.07, 6.45) is 0. The highest BCUT2D eigenvalue weighted by Gasteiger charge is 2.28. The molecule has 0 unspecified atom stereocenters. The van der Waals surface area contributed by atoms with E-state index in [9.17, 15) is 13.2 Å². The van der Waals surface area contributed by atoms with E-state index in [2.05, 4.69) is 5.32 Å². The van der Waals surface area contributed by atoms with Gasteiger partial charge in [0.1, 0.15) is 5.75 Å². The monoisotopic (exact) mass is 475 g/mol. The molecule has 2 aromatic rings. The third-order valence-electron chi connectivity index (χ3n) is 5.75. The number of morpholine rings is 1. The molecule has 1 saturated heterocycles. The molecule has 1 aliphatic rings. The summed E-state index contributed by atoms with van der Waals surface area (Å²) >= 11 is 0. The molecule has 1 aliphatic heterocycles. The molecule has 1 N–H and O–H groups in total. The van der Waals surface area contributed by atoms with Gasteiger partial charge in [-0.3, -0.25) is 9.69 Å². The minimum Gasteiger partial charge on any atom is -0.494 e. The van der Waals surface area contributed by atoms with E-state index >= 15 is 0 Å². The highest BCUT2D eigenvalue weighted by molar-refractivity contribution is 7.89. The first-order valence-corrected chi connectivity index (χ1v) is 12.6. The summed E-state index contributed by atoms with van der Waals surface area (Å²) in [6.45, 7) is 8.14. The van der Waals surface area contributed by atoms with Crippen molar-refractivity contribution in [2.45, 2.75) is 38.3 Å². The average Bonchev–Trinajstić information content (AvgIpc) is 2.81. The quantitative estimate of drug-likeness (QED) is 0.600. The van der Waals surface area contributed by atoms with Gasteiger partial charge in [0, 0.05) is 25.3 Å². The molecule has 1 heterocycles. The maximum Gasteiger partial charge on any atom is 0.243 e. The minimum absolute atomic E-state index is 0.206. The lowest BCUT2D eigenvalue weighted by Crippen LogP contribution is -2.41. The van der Waals surface area contributed by atoms with Gasteiger partial charge in [0.25, 0.3) is 0 Å². The Morgan fingerprint density at radius 1 is 1.18 bits per heavy atom. The molecule has 1 amide bonds. The molecule has 8 nitrogen and oxygen atoms in total. The van der Waals surface area contributed by atoms with Gasteiger partial charge < -0.3 is 14.8 Å². The topological polar surface area (TPSA) is 88.2 Å². The lowest BCUT2D eigenvalue weighted by molar-refractivity contribution is -0.120. The fraction of sp³-hybridized carbons (Fsp3) is 0.458. The lowest BCUT2D eigenvalue weighted by atomic mass is 10.1. The van der Waals surface area contributed by atoms with Gasteiger partial charge in [0.05, 0.1) is 30.8 Å². The average molecular weight is 476 g/mol. The van der Waals surface area contributed by atoms with E-state index in [0.29, 0.717) is 50.7 Å². The Hall–Kier alpha value is -2.46. The Morgan fingerprint density at radius 2 is 1.85 bits per heavy atom. The van der Waals surface area contributed by atoms with E-state index in [0.717, 1.165) is 11.3 Å². The number of aryl methyl sites for hydroxylation is 1. The molecular weight excluding hydrogens is 442 g/mol. The van der Waals surface area contributed by atoms with Gasteiger partial charge >= 0.3 is 0 Å². The standard InChI is InChI=1S/C24H33N3O5S/c1-5-32-22-10-7-20(8-11-22)17-26(4)19(3)24(28)25-21-9-6-18(2)23(16-21)33(29,30)27-12-14-31-15-13-27/h6-11,16,19H,5,12-15,17H2,1-4H3,(H,25,28)/t19-/m0/s1. The maximum atomic E-state index is 13.1. The highest BCUT2D eigenvalue weighted by atomic mass is 32.2. The Labute approximate surface area is 196 Å². The summed E-state index contributed by atoms with van der Waals surface area (Å²) < 4.78 is 38.4. The predicted molar refractivity (Wildman–Crippen MR) is 128 cm³/mol. The Kier molecular flexibility index (Phi) is 8.47. The zero-order chi connectivity index (χ0) is 24.0. The zero-order valence-electron chi connectivity index (χ0n) is 19.7. The van der Waals surface area contributed by atoms with Gasteiger partial charge in [-0.1, -0.05) is 18.2 Å². The smallest absolute Gasteiger partial charge is 0.243 e. The fourth-order valence-electron chi connectivity index (χ4n) is 3.61. The van der Waals surface area contributed by atoms with Crippen LogP contribution in [0.2, 0.25) is 0 Å². The van der Waals surface area contributed by atoms with Crippen LogP contribution in [0.4, 0.5) is 5.69 Å². The van der Waals surface area contributed by atoms with E-state index in [-0.39, 0.29) is 10.8 Å². The first-order chi connectivity index (χ1) is 15.7. The summed E-state index contributed by atoms with van der Waals surface area (Å²) in [5.74, 6) is 0.610. The first-order valence-electron chi connectivity index (χ1n) is 11.1. The number of rotatable bonds is 9. The van der Waals surface area contributed by atoms with Crippen molar-refractivity contribution in [3.8, 4) is 5.75 Å². The van der Waals surface area contributed by atoms with Gasteiger partial charge in [-0.15, -0.1) is 0 Å². The number of likely N-dealkylation sites (N-methyl/N-ethyl adjacent to an activating group) is 1. The summed E-state index contributed by atoms with van der Waals surface area (Å²) in [7, 11) is -1.78. The predicted octanol–water partition coefficient (Wildman–Crippen LogP) is 2.87. The molecule has 1 fully saturated rings. The number of nitrogens with one attached hydrogen (secondary N) is 1. The van der Waals surface area contributed by atoms with Crippen molar-refractivity contribution in [3.05, 3.63) is 53.6 Å². The summed E-state index contributed by atoms with van der Waals surface area (Å²) in [5.41, 5.74) is 2.16. The SMILES string of the molecule is CCOc1ccc(CN(C)[C@@H](C)C(=O)Nc2ccc(C)c(S(=O)(=O)N3CCOCC3)c2)cc1. The van der Waals surface area contributed by atoms with Crippen LogP contribution in [0.5, 0.6) is 5.75 Å². The largest absolute Gasteiger partial charge is 0.494 e. The van der Waals surface area contributed by atoms with Crippen LogP contribution in [0.1, 0.15) is 25.0 Å². The summed E-state index contributed by atoms with van der Waals surface area (Å²) in [5, 5.41) is 2.87. The number of carbonyl (C=O) groups is 1. The van der Waals surface area contributed by atoms with Gasteiger partial charge in [-0.2, -0.15) is 4.31 Å². The van der Waals surface area contributed by atoms with Crippen LogP contribution in [0.3, 0.4) is 0 Å². The lowest BCUT2D eigenvalue weighted by Gasteiger charge is -2.27.